The van der Waals surface area contributed by atoms with E-state index in [2.05, 4.69) is 41.2 Å². The summed E-state index contributed by atoms with van der Waals surface area (Å²) in [4.78, 5) is 2.38. The van der Waals surface area contributed by atoms with Gasteiger partial charge in [-0.05, 0) is 42.6 Å². The molecule has 1 aromatic heterocycles. The third kappa shape index (κ3) is 2.62. The van der Waals surface area contributed by atoms with Gasteiger partial charge >= 0.3 is 0 Å². The Labute approximate surface area is 119 Å². The first kappa shape index (κ1) is 13.3. The predicted molar refractivity (Wildman–Crippen MR) is 78.6 cm³/mol. The van der Waals surface area contributed by atoms with Crippen LogP contribution < -0.4 is 0 Å². The van der Waals surface area contributed by atoms with Gasteiger partial charge in [-0.25, -0.2) is 4.68 Å². The smallest absolute Gasteiger partial charge is 0.0645 e. The van der Waals surface area contributed by atoms with Gasteiger partial charge in [-0.15, -0.1) is 0 Å². The van der Waals surface area contributed by atoms with Crippen molar-refractivity contribution in [3.63, 3.8) is 0 Å². The lowest BCUT2D eigenvalue weighted by Gasteiger charge is -2.25. The second-order valence-electron chi connectivity index (χ2n) is 5.60. The quantitative estimate of drug-likeness (QED) is 0.925. The van der Waals surface area contributed by atoms with Gasteiger partial charge in [0.1, 0.15) is 0 Å². The first-order valence-electron chi connectivity index (χ1n) is 7.22. The molecule has 2 atom stereocenters. The molecule has 20 heavy (non-hydrogen) atoms. The number of likely N-dealkylation sites (tertiary alicyclic amines) is 1. The molecule has 4 nitrogen and oxygen atoms in total. The Morgan fingerprint density at radius 1 is 1.30 bits per heavy atom. The molecule has 1 aromatic carbocycles. The lowest BCUT2D eigenvalue weighted by atomic mass is 10.0. The van der Waals surface area contributed by atoms with Gasteiger partial charge in [-0.2, -0.15) is 5.10 Å². The van der Waals surface area contributed by atoms with Gasteiger partial charge in [0.25, 0.3) is 0 Å². The van der Waals surface area contributed by atoms with E-state index in [-0.39, 0.29) is 6.61 Å². The molecular formula is C16H21N3O. The zero-order valence-electron chi connectivity index (χ0n) is 11.8. The maximum Gasteiger partial charge on any atom is 0.0645 e. The molecule has 1 saturated heterocycles. The maximum absolute atomic E-state index is 9.50. The van der Waals surface area contributed by atoms with E-state index in [1.807, 2.05) is 16.9 Å². The summed E-state index contributed by atoms with van der Waals surface area (Å²) in [6, 6.07) is 10.7. The summed E-state index contributed by atoms with van der Waals surface area (Å²) in [5.41, 5.74) is 2.36. The number of rotatable bonds is 4. The molecule has 2 aromatic rings. The summed E-state index contributed by atoms with van der Waals surface area (Å²) in [6.45, 7) is 4.47. The van der Waals surface area contributed by atoms with Crippen molar-refractivity contribution in [1.29, 1.82) is 0 Å². The standard InChI is InChI=1S/C16H21N3O/c1-13-7-10-18(16(13)12-20)11-14-3-5-15(6-4-14)19-9-2-8-17-19/h2-6,8-9,13,16,20H,7,10-12H2,1H3. The molecule has 1 aliphatic rings. The SMILES string of the molecule is CC1CCN(Cc2ccc(-n3cccn3)cc2)C1CO. The minimum atomic E-state index is 0.256. The van der Waals surface area contributed by atoms with Gasteiger partial charge < -0.3 is 5.11 Å². The van der Waals surface area contributed by atoms with Crippen LogP contribution in [0, 0.1) is 5.92 Å². The Kier molecular flexibility index (Phi) is 3.85. The van der Waals surface area contributed by atoms with Crippen molar-refractivity contribution in [3.05, 3.63) is 48.3 Å². The van der Waals surface area contributed by atoms with Crippen LogP contribution in [-0.4, -0.2) is 39.0 Å². The fraction of sp³-hybridized carbons (Fsp3) is 0.438. The second-order valence-corrected chi connectivity index (χ2v) is 5.60. The van der Waals surface area contributed by atoms with Gasteiger partial charge in [0, 0.05) is 25.0 Å². The van der Waals surface area contributed by atoms with Gasteiger partial charge in [0.05, 0.1) is 12.3 Å². The normalized spacial score (nSPS) is 23.3. The molecule has 0 aliphatic carbocycles. The second kappa shape index (κ2) is 5.77. The summed E-state index contributed by atoms with van der Waals surface area (Å²) in [5, 5.41) is 13.7. The highest BCUT2D eigenvalue weighted by Crippen LogP contribution is 2.25. The maximum atomic E-state index is 9.50. The summed E-state index contributed by atoms with van der Waals surface area (Å²) < 4.78 is 1.86. The van der Waals surface area contributed by atoms with Crippen molar-refractivity contribution in [1.82, 2.24) is 14.7 Å². The van der Waals surface area contributed by atoms with Crippen molar-refractivity contribution < 1.29 is 5.11 Å². The molecule has 106 valence electrons. The van der Waals surface area contributed by atoms with Gasteiger partial charge in [-0.1, -0.05) is 19.1 Å². The van der Waals surface area contributed by atoms with E-state index in [1.165, 1.54) is 12.0 Å². The minimum absolute atomic E-state index is 0.256. The van der Waals surface area contributed by atoms with Crippen LogP contribution >= 0.6 is 0 Å². The molecule has 2 heterocycles. The molecule has 1 aliphatic heterocycles. The fourth-order valence-corrected chi connectivity index (χ4v) is 2.99. The van der Waals surface area contributed by atoms with Crippen molar-refractivity contribution in [2.45, 2.75) is 25.9 Å². The molecule has 2 unspecified atom stereocenters. The van der Waals surface area contributed by atoms with E-state index in [4.69, 9.17) is 0 Å². The van der Waals surface area contributed by atoms with E-state index in [0.29, 0.717) is 12.0 Å². The Morgan fingerprint density at radius 3 is 2.75 bits per heavy atom. The lowest BCUT2D eigenvalue weighted by Crippen LogP contribution is -2.34. The monoisotopic (exact) mass is 271 g/mol. The molecule has 0 saturated carbocycles. The predicted octanol–water partition coefficient (Wildman–Crippen LogP) is 2.08. The number of aliphatic hydroxyl groups excluding tert-OH is 1. The van der Waals surface area contributed by atoms with Gasteiger partial charge in [-0.3, -0.25) is 4.90 Å². The fourth-order valence-electron chi connectivity index (χ4n) is 2.99. The summed E-state index contributed by atoms with van der Waals surface area (Å²) in [7, 11) is 0. The van der Waals surface area contributed by atoms with Crippen LogP contribution in [0.3, 0.4) is 0 Å². The summed E-state index contributed by atoms with van der Waals surface area (Å²) in [6.07, 6.45) is 4.90. The number of aromatic nitrogens is 2. The van der Waals surface area contributed by atoms with Gasteiger partial charge in [0.2, 0.25) is 0 Å². The van der Waals surface area contributed by atoms with E-state index < -0.39 is 0 Å². The van der Waals surface area contributed by atoms with E-state index in [9.17, 15) is 5.11 Å². The summed E-state index contributed by atoms with van der Waals surface area (Å²) in [5.74, 6) is 0.586. The number of nitrogens with zero attached hydrogens (tertiary/aromatic N) is 3. The highest BCUT2D eigenvalue weighted by atomic mass is 16.3. The molecule has 0 radical (unpaired) electrons. The Bertz CT molecular complexity index is 535. The Morgan fingerprint density at radius 2 is 2.10 bits per heavy atom. The molecule has 1 N–H and O–H groups in total. The topological polar surface area (TPSA) is 41.3 Å². The van der Waals surface area contributed by atoms with Crippen LogP contribution in [0.1, 0.15) is 18.9 Å². The van der Waals surface area contributed by atoms with Crippen LogP contribution in [0.2, 0.25) is 0 Å². The zero-order valence-corrected chi connectivity index (χ0v) is 11.8. The molecular weight excluding hydrogens is 250 g/mol. The Balaban J connectivity index is 1.69. The average Bonchev–Trinajstić information content (AvgIpc) is 3.10. The molecule has 1 fully saturated rings. The molecule has 4 heteroatoms. The van der Waals surface area contributed by atoms with Crippen LogP contribution in [0.15, 0.2) is 42.7 Å². The van der Waals surface area contributed by atoms with Crippen molar-refractivity contribution in [3.8, 4) is 5.69 Å². The van der Waals surface area contributed by atoms with Crippen molar-refractivity contribution in [2.24, 2.45) is 5.92 Å². The molecule has 3 rings (SSSR count). The highest BCUT2D eigenvalue weighted by Gasteiger charge is 2.30. The Hall–Kier alpha value is -1.65. The van der Waals surface area contributed by atoms with Crippen molar-refractivity contribution >= 4 is 0 Å². The lowest BCUT2D eigenvalue weighted by molar-refractivity contribution is 0.134. The van der Waals surface area contributed by atoms with Crippen molar-refractivity contribution in [2.75, 3.05) is 13.2 Å². The number of hydrogen-bond donors (Lipinski definition) is 1. The molecule has 0 spiro atoms. The minimum Gasteiger partial charge on any atom is -0.395 e. The first-order chi connectivity index (χ1) is 9.78. The van der Waals surface area contributed by atoms with E-state index in [1.54, 1.807) is 6.20 Å². The molecule has 0 bridgehead atoms. The highest BCUT2D eigenvalue weighted by molar-refractivity contribution is 5.33. The number of aliphatic hydroxyl groups is 1. The third-order valence-electron chi connectivity index (χ3n) is 4.28. The van der Waals surface area contributed by atoms with Gasteiger partial charge in [0.15, 0.2) is 0 Å². The number of hydrogen-bond acceptors (Lipinski definition) is 3. The van der Waals surface area contributed by atoms with Crippen LogP contribution in [0.25, 0.3) is 5.69 Å². The van der Waals surface area contributed by atoms with Crippen LogP contribution in [0.5, 0.6) is 0 Å². The van der Waals surface area contributed by atoms with E-state index >= 15 is 0 Å². The molecule has 0 amide bonds. The largest absolute Gasteiger partial charge is 0.395 e. The third-order valence-corrected chi connectivity index (χ3v) is 4.28. The van der Waals surface area contributed by atoms with Crippen LogP contribution in [0.4, 0.5) is 0 Å². The first-order valence-corrected chi connectivity index (χ1v) is 7.22. The summed E-state index contributed by atoms with van der Waals surface area (Å²) >= 11 is 0. The number of benzene rings is 1. The van der Waals surface area contributed by atoms with E-state index in [0.717, 1.165) is 18.8 Å². The average molecular weight is 271 g/mol. The van der Waals surface area contributed by atoms with Crippen LogP contribution in [-0.2, 0) is 6.54 Å². The zero-order chi connectivity index (χ0) is 13.9.